The first-order chi connectivity index (χ1) is 20.1. The minimum absolute atomic E-state index is 0.104. The number of hydrogen-bond acceptors (Lipinski definition) is 8. The van der Waals surface area contributed by atoms with Crippen LogP contribution >= 0.6 is 0 Å². The van der Waals surface area contributed by atoms with Crippen LogP contribution in [0.4, 0.5) is 22.7 Å². The molecule has 2 aliphatic rings. The number of likely N-dealkylation sites (N-methyl/N-ethyl adjacent to an activating group) is 2. The Balaban J connectivity index is 1.20. The number of amides is 3. The van der Waals surface area contributed by atoms with Gasteiger partial charge in [0, 0.05) is 36.6 Å². The summed E-state index contributed by atoms with van der Waals surface area (Å²) in [7, 11) is 3.73. The van der Waals surface area contributed by atoms with Crippen molar-refractivity contribution in [2.24, 2.45) is 0 Å². The van der Waals surface area contributed by atoms with E-state index >= 15 is 0 Å². The molecule has 2 aliphatic heterocycles. The van der Waals surface area contributed by atoms with Gasteiger partial charge in [-0.2, -0.15) is 0 Å². The first kappa shape index (κ1) is 29.2. The summed E-state index contributed by atoms with van der Waals surface area (Å²) in [5, 5.41) is 10.8. The van der Waals surface area contributed by atoms with E-state index in [0.717, 1.165) is 24.0 Å². The van der Waals surface area contributed by atoms with Crippen LogP contribution in [0, 0.1) is 0 Å². The third kappa shape index (κ3) is 6.15. The van der Waals surface area contributed by atoms with Gasteiger partial charge in [-0.05, 0) is 86.6 Å². The molecule has 3 unspecified atom stereocenters. The van der Waals surface area contributed by atoms with Crippen molar-refractivity contribution in [3.05, 3.63) is 83.9 Å². The smallest absolute Gasteiger partial charge is 0.251 e. The molecule has 5 N–H and O–H groups in total. The van der Waals surface area contributed by atoms with Gasteiger partial charge in [0.15, 0.2) is 0 Å². The molecule has 0 radical (unpaired) electrons. The molecule has 220 valence electrons. The van der Waals surface area contributed by atoms with E-state index in [9.17, 15) is 19.5 Å². The van der Waals surface area contributed by atoms with Gasteiger partial charge >= 0.3 is 0 Å². The molecule has 3 atom stereocenters. The maximum atomic E-state index is 13.3. The molecule has 0 aliphatic carbocycles. The van der Waals surface area contributed by atoms with Gasteiger partial charge in [0.25, 0.3) is 5.91 Å². The lowest BCUT2D eigenvalue weighted by molar-refractivity contribution is -0.123. The second kappa shape index (κ2) is 12.3. The summed E-state index contributed by atoms with van der Waals surface area (Å²) >= 11 is 0. The summed E-state index contributed by atoms with van der Waals surface area (Å²) in [6.45, 7) is 1.26. The number of aliphatic hydroxyl groups is 1. The Hall–Kier alpha value is -4.25. The summed E-state index contributed by atoms with van der Waals surface area (Å²) < 4.78 is 0. The number of anilines is 4. The van der Waals surface area contributed by atoms with Crippen LogP contribution in [-0.4, -0.2) is 78.1 Å². The van der Waals surface area contributed by atoms with Crippen LogP contribution < -0.4 is 21.3 Å². The van der Waals surface area contributed by atoms with E-state index in [0.29, 0.717) is 35.8 Å². The molecular formula is C32H38N6O4. The Morgan fingerprint density at radius 3 is 1.71 bits per heavy atom. The molecule has 3 aromatic carbocycles. The lowest BCUT2D eigenvalue weighted by atomic mass is 10.1. The van der Waals surface area contributed by atoms with Gasteiger partial charge in [-0.1, -0.05) is 24.3 Å². The summed E-state index contributed by atoms with van der Waals surface area (Å²) in [5.41, 5.74) is 16.1. The topological polar surface area (TPSA) is 136 Å². The van der Waals surface area contributed by atoms with Crippen LogP contribution in [0.5, 0.6) is 0 Å². The van der Waals surface area contributed by atoms with Crippen molar-refractivity contribution >= 4 is 40.5 Å². The molecule has 2 fully saturated rings. The highest BCUT2D eigenvalue weighted by Gasteiger charge is 2.43. The number of nitrogen functional groups attached to an aromatic ring is 2. The predicted octanol–water partition coefficient (Wildman–Crippen LogP) is 2.26. The largest absolute Gasteiger partial charge is 0.399 e. The fraction of sp³-hybridized carbons (Fsp3) is 0.344. The molecule has 10 heteroatoms. The monoisotopic (exact) mass is 570 g/mol. The molecule has 0 aromatic heterocycles. The van der Waals surface area contributed by atoms with Crippen molar-refractivity contribution in [3.63, 3.8) is 0 Å². The number of hydrogen-bond donors (Lipinski definition) is 3. The molecule has 10 nitrogen and oxygen atoms in total. The number of rotatable bonds is 10. The Labute approximate surface area is 246 Å². The fourth-order valence-corrected chi connectivity index (χ4v) is 5.67. The first-order valence-electron chi connectivity index (χ1n) is 14.2. The van der Waals surface area contributed by atoms with E-state index < -0.39 is 18.3 Å². The molecule has 2 saturated heterocycles. The van der Waals surface area contributed by atoms with Gasteiger partial charge in [0.1, 0.15) is 6.23 Å². The van der Waals surface area contributed by atoms with E-state index in [1.807, 2.05) is 72.4 Å². The van der Waals surface area contributed by atoms with Crippen LogP contribution in [0.25, 0.3) is 0 Å². The molecule has 0 bridgehead atoms. The van der Waals surface area contributed by atoms with Gasteiger partial charge in [0.2, 0.25) is 11.8 Å². The van der Waals surface area contributed by atoms with E-state index in [-0.39, 0.29) is 30.6 Å². The van der Waals surface area contributed by atoms with E-state index in [1.165, 1.54) is 9.80 Å². The summed E-state index contributed by atoms with van der Waals surface area (Å²) in [6.07, 6.45) is 0.897. The first-order valence-corrected chi connectivity index (χ1v) is 14.2. The quantitative estimate of drug-likeness (QED) is 0.250. The number of benzene rings is 3. The number of aliphatic hydroxyl groups excluding tert-OH is 1. The lowest BCUT2D eigenvalue weighted by Crippen LogP contribution is -2.41. The van der Waals surface area contributed by atoms with Crippen molar-refractivity contribution in [2.75, 3.05) is 48.5 Å². The minimum atomic E-state index is -0.971. The Kier molecular flexibility index (Phi) is 8.58. The minimum Gasteiger partial charge on any atom is -0.399 e. The Bertz CT molecular complexity index is 1430. The summed E-state index contributed by atoms with van der Waals surface area (Å²) in [4.78, 5) is 46.0. The third-order valence-electron chi connectivity index (χ3n) is 8.29. The Morgan fingerprint density at radius 1 is 0.714 bits per heavy atom. The summed E-state index contributed by atoms with van der Waals surface area (Å²) in [5.74, 6) is -0.726. The molecule has 5 rings (SSSR count). The zero-order valence-electron chi connectivity index (χ0n) is 24.0. The molecule has 2 heterocycles. The van der Waals surface area contributed by atoms with E-state index in [2.05, 4.69) is 0 Å². The average Bonchev–Trinajstić information content (AvgIpc) is 3.45. The van der Waals surface area contributed by atoms with Crippen LogP contribution in [0.2, 0.25) is 0 Å². The van der Waals surface area contributed by atoms with Crippen molar-refractivity contribution in [2.45, 2.75) is 44.0 Å². The lowest BCUT2D eigenvalue weighted by Gasteiger charge is -2.25. The number of nitrogens with two attached hydrogens (primary N) is 2. The van der Waals surface area contributed by atoms with Gasteiger partial charge in [-0.25, -0.2) is 4.90 Å². The van der Waals surface area contributed by atoms with Crippen LogP contribution in [-0.2, 0) is 27.2 Å². The molecule has 42 heavy (non-hydrogen) atoms. The highest BCUT2D eigenvalue weighted by atomic mass is 16.3. The van der Waals surface area contributed by atoms with Gasteiger partial charge in [-0.3, -0.25) is 29.1 Å². The predicted molar refractivity (Wildman–Crippen MR) is 164 cm³/mol. The van der Waals surface area contributed by atoms with Crippen molar-refractivity contribution < 1.29 is 19.5 Å². The Morgan fingerprint density at radius 2 is 1.19 bits per heavy atom. The second-order valence-corrected chi connectivity index (χ2v) is 11.2. The zero-order valence-corrected chi connectivity index (χ0v) is 24.0. The van der Waals surface area contributed by atoms with E-state index in [4.69, 9.17) is 11.5 Å². The maximum absolute atomic E-state index is 13.3. The molecule has 3 aromatic rings. The highest BCUT2D eigenvalue weighted by Crippen LogP contribution is 2.32. The number of imide groups is 1. The maximum Gasteiger partial charge on any atom is 0.251 e. The zero-order chi connectivity index (χ0) is 30.0. The van der Waals surface area contributed by atoms with Crippen LogP contribution in [0.15, 0.2) is 72.8 Å². The number of carbonyl (C=O) groups excluding carboxylic acids is 3. The van der Waals surface area contributed by atoms with Gasteiger partial charge in [0.05, 0.1) is 24.2 Å². The SMILES string of the molecule is CN(CCc1ccc(N)cc1)C1CC(=O)N(c2ccc(N3C(=O)C(N(C)CCc4ccc(N)cc4)CC3O)cc2)C1=O. The number of nitrogens with zero attached hydrogens (tertiary/aromatic N) is 4. The van der Waals surface area contributed by atoms with Crippen molar-refractivity contribution in [1.82, 2.24) is 9.80 Å². The number of carbonyl (C=O) groups is 3. The molecule has 0 spiro atoms. The van der Waals surface area contributed by atoms with Crippen LogP contribution in [0.1, 0.15) is 24.0 Å². The van der Waals surface area contributed by atoms with Crippen LogP contribution in [0.3, 0.4) is 0 Å². The van der Waals surface area contributed by atoms with E-state index in [1.54, 1.807) is 24.3 Å². The standard InChI is InChI=1S/C32H38N6O4/c1-35(17-15-21-3-7-23(33)8-4-21)27-19-29(39)37(31(27)41)25-11-13-26(14-12-25)38-30(40)20-28(32(38)42)36(2)18-16-22-5-9-24(34)10-6-22/h3-14,27-29,39H,15-20,33-34H2,1-2H3. The molecule has 0 saturated carbocycles. The fourth-order valence-electron chi connectivity index (χ4n) is 5.67. The molecule has 3 amide bonds. The van der Waals surface area contributed by atoms with Crippen molar-refractivity contribution in [3.8, 4) is 0 Å². The van der Waals surface area contributed by atoms with Gasteiger partial charge < -0.3 is 16.6 Å². The highest BCUT2D eigenvalue weighted by molar-refractivity contribution is 6.22. The normalized spacial score (nSPS) is 20.9. The van der Waals surface area contributed by atoms with Gasteiger partial charge in [-0.15, -0.1) is 0 Å². The average molecular weight is 571 g/mol. The van der Waals surface area contributed by atoms with Crippen molar-refractivity contribution in [1.29, 1.82) is 0 Å². The second-order valence-electron chi connectivity index (χ2n) is 11.2. The summed E-state index contributed by atoms with van der Waals surface area (Å²) in [6, 6.07) is 20.9. The molecular weight excluding hydrogens is 532 g/mol. The third-order valence-corrected chi connectivity index (χ3v) is 8.29.